The second kappa shape index (κ2) is 44.0. The summed E-state index contributed by atoms with van der Waals surface area (Å²) in [5.41, 5.74) is 0. The van der Waals surface area contributed by atoms with Crippen molar-refractivity contribution in [1.82, 2.24) is 5.32 Å². The van der Waals surface area contributed by atoms with Crippen molar-refractivity contribution in [2.45, 2.75) is 275 Å². The number of amides is 1. The topological polar surface area (TPSA) is 149 Å². The zero-order valence-corrected chi connectivity index (χ0v) is 40.6. The van der Waals surface area contributed by atoms with E-state index in [1.807, 2.05) is 6.08 Å². The first kappa shape index (κ1) is 59.2. The van der Waals surface area contributed by atoms with Gasteiger partial charge in [0.2, 0.25) is 5.91 Å². The summed E-state index contributed by atoms with van der Waals surface area (Å²) in [6.07, 6.45) is 50.1. The summed E-state index contributed by atoms with van der Waals surface area (Å²) in [5.74, 6) is -0.189. The molecule has 1 aliphatic heterocycles. The molecule has 0 radical (unpaired) electrons. The van der Waals surface area contributed by atoms with Crippen LogP contribution in [0.4, 0.5) is 0 Å². The van der Waals surface area contributed by atoms with Crippen LogP contribution in [0.15, 0.2) is 48.6 Å². The number of carbonyl (C=O) groups excluding carboxylic acids is 1. The molecule has 0 saturated carbocycles. The van der Waals surface area contributed by atoms with Crippen LogP contribution >= 0.6 is 0 Å². The van der Waals surface area contributed by atoms with Crippen molar-refractivity contribution in [3.63, 3.8) is 0 Å². The smallest absolute Gasteiger partial charge is 0.220 e. The number of ether oxygens (including phenoxy) is 2. The van der Waals surface area contributed by atoms with Crippen molar-refractivity contribution in [3.8, 4) is 0 Å². The van der Waals surface area contributed by atoms with Gasteiger partial charge in [0.15, 0.2) is 6.29 Å². The first-order chi connectivity index (χ1) is 30.8. The molecule has 0 bridgehead atoms. The maximum absolute atomic E-state index is 13.0. The van der Waals surface area contributed by atoms with Gasteiger partial charge in [0.25, 0.3) is 0 Å². The molecule has 1 rings (SSSR count). The lowest BCUT2D eigenvalue weighted by molar-refractivity contribution is -0.302. The van der Waals surface area contributed by atoms with Crippen molar-refractivity contribution in [2.75, 3.05) is 13.2 Å². The molecule has 368 valence electrons. The lowest BCUT2D eigenvalue weighted by Gasteiger charge is -2.40. The van der Waals surface area contributed by atoms with Gasteiger partial charge in [-0.1, -0.05) is 217 Å². The number of carbonyl (C=O) groups is 1. The summed E-state index contributed by atoms with van der Waals surface area (Å²) in [5, 5.41) is 54.4. The Morgan fingerprint density at radius 1 is 0.540 bits per heavy atom. The Balaban J connectivity index is 2.31. The maximum Gasteiger partial charge on any atom is 0.220 e. The lowest BCUT2D eigenvalue weighted by Crippen LogP contribution is -2.60. The highest BCUT2D eigenvalue weighted by Crippen LogP contribution is 2.23. The Morgan fingerprint density at radius 2 is 0.937 bits per heavy atom. The van der Waals surface area contributed by atoms with E-state index in [1.54, 1.807) is 6.08 Å². The minimum atomic E-state index is -1.57. The van der Waals surface area contributed by atoms with E-state index in [9.17, 15) is 30.3 Å². The van der Waals surface area contributed by atoms with E-state index in [1.165, 1.54) is 148 Å². The summed E-state index contributed by atoms with van der Waals surface area (Å²) < 4.78 is 11.2. The molecular formula is C54H99NO8. The minimum absolute atomic E-state index is 0.189. The zero-order chi connectivity index (χ0) is 45.9. The third-order valence-corrected chi connectivity index (χ3v) is 12.4. The largest absolute Gasteiger partial charge is 0.394 e. The van der Waals surface area contributed by atoms with Crippen LogP contribution in [-0.4, -0.2) is 87.5 Å². The molecule has 9 heteroatoms. The van der Waals surface area contributed by atoms with Crippen molar-refractivity contribution < 1.29 is 39.8 Å². The van der Waals surface area contributed by atoms with E-state index in [4.69, 9.17) is 9.47 Å². The summed E-state index contributed by atoms with van der Waals surface area (Å²) in [6, 6.07) is -0.813. The predicted molar refractivity (Wildman–Crippen MR) is 263 cm³/mol. The summed E-state index contributed by atoms with van der Waals surface area (Å²) >= 11 is 0. The highest BCUT2D eigenvalue weighted by Gasteiger charge is 2.44. The van der Waals surface area contributed by atoms with Gasteiger partial charge in [0, 0.05) is 6.42 Å². The molecule has 6 N–H and O–H groups in total. The molecule has 9 nitrogen and oxygen atoms in total. The van der Waals surface area contributed by atoms with Gasteiger partial charge in [-0.2, -0.15) is 0 Å². The van der Waals surface area contributed by atoms with Crippen LogP contribution in [-0.2, 0) is 14.3 Å². The van der Waals surface area contributed by atoms with Gasteiger partial charge in [-0.05, 0) is 57.8 Å². The fraction of sp³-hybridized carbons (Fsp3) is 0.833. The van der Waals surface area contributed by atoms with Crippen LogP contribution in [0.25, 0.3) is 0 Å². The molecule has 1 amide bonds. The Hall–Kier alpha value is -1.85. The second-order valence-electron chi connectivity index (χ2n) is 18.3. The Bertz CT molecular complexity index is 1130. The van der Waals surface area contributed by atoms with Gasteiger partial charge in [0.1, 0.15) is 24.4 Å². The summed E-state index contributed by atoms with van der Waals surface area (Å²) in [4.78, 5) is 13.0. The van der Waals surface area contributed by atoms with E-state index in [2.05, 4.69) is 55.6 Å². The van der Waals surface area contributed by atoms with E-state index >= 15 is 0 Å². The van der Waals surface area contributed by atoms with E-state index in [0.29, 0.717) is 6.42 Å². The fourth-order valence-electron chi connectivity index (χ4n) is 8.16. The highest BCUT2D eigenvalue weighted by atomic mass is 16.7. The van der Waals surface area contributed by atoms with Gasteiger partial charge in [-0.3, -0.25) is 4.79 Å². The van der Waals surface area contributed by atoms with Crippen molar-refractivity contribution in [2.24, 2.45) is 0 Å². The standard InChI is InChI=1S/C54H99NO8/c1-3-5-7-9-11-13-15-17-19-21-23-24-26-28-30-32-34-36-38-40-42-44-50(58)55-47(46-62-54-53(61)52(60)51(59)49(45-56)63-54)48(57)43-41-39-37-35-33-31-29-27-25-22-20-18-16-14-12-10-8-6-4-2/h15,17,21,23,26,28,41,43,47-49,51-54,56-57,59-61H,3-14,16,18-20,22,24-25,27,29-40,42,44-46H2,1-2H3,(H,55,58)/b17-15-,23-21-,28-26-,43-41+. The van der Waals surface area contributed by atoms with Gasteiger partial charge in [-0.15, -0.1) is 0 Å². The Kier molecular flexibility index (Phi) is 41.3. The number of hydrogen-bond acceptors (Lipinski definition) is 8. The Labute approximate surface area is 386 Å². The number of rotatable bonds is 44. The molecule has 0 aromatic heterocycles. The molecule has 63 heavy (non-hydrogen) atoms. The average Bonchev–Trinajstić information content (AvgIpc) is 3.28. The quantitative estimate of drug-likeness (QED) is 0.0262. The van der Waals surface area contributed by atoms with Gasteiger partial charge >= 0.3 is 0 Å². The molecular weight excluding hydrogens is 791 g/mol. The maximum atomic E-state index is 13.0. The van der Waals surface area contributed by atoms with Crippen molar-refractivity contribution in [3.05, 3.63) is 48.6 Å². The number of allylic oxidation sites excluding steroid dienone is 7. The number of aliphatic hydroxyl groups is 5. The molecule has 1 fully saturated rings. The fourth-order valence-corrected chi connectivity index (χ4v) is 8.16. The van der Waals surface area contributed by atoms with E-state index in [-0.39, 0.29) is 12.5 Å². The normalized spacial score (nSPS) is 20.5. The number of nitrogens with one attached hydrogen (secondary N) is 1. The highest BCUT2D eigenvalue weighted by molar-refractivity contribution is 5.76. The third-order valence-electron chi connectivity index (χ3n) is 12.4. The number of aliphatic hydroxyl groups excluding tert-OH is 5. The van der Waals surface area contributed by atoms with E-state index < -0.39 is 49.5 Å². The van der Waals surface area contributed by atoms with Crippen LogP contribution in [0, 0.1) is 0 Å². The molecule has 1 aliphatic rings. The molecule has 0 aromatic rings. The van der Waals surface area contributed by atoms with Crippen molar-refractivity contribution in [1.29, 1.82) is 0 Å². The molecule has 1 saturated heterocycles. The first-order valence-electron chi connectivity index (χ1n) is 26.4. The molecule has 0 spiro atoms. The van der Waals surface area contributed by atoms with Gasteiger partial charge in [0.05, 0.1) is 25.4 Å². The number of hydrogen-bond donors (Lipinski definition) is 6. The average molecular weight is 890 g/mol. The van der Waals surface area contributed by atoms with E-state index in [0.717, 1.165) is 64.2 Å². The zero-order valence-electron chi connectivity index (χ0n) is 40.6. The first-order valence-corrected chi connectivity index (χ1v) is 26.4. The van der Waals surface area contributed by atoms with Crippen LogP contribution in [0.2, 0.25) is 0 Å². The predicted octanol–water partition coefficient (Wildman–Crippen LogP) is 12.2. The lowest BCUT2D eigenvalue weighted by atomic mass is 9.99. The summed E-state index contributed by atoms with van der Waals surface area (Å²) in [7, 11) is 0. The Morgan fingerprint density at radius 3 is 1.38 bits per heavy atom. The van der Waals surface area contributed by atoms with Crippen LogP contribution < -0.4 is 5.32 Å². The van der Waals surface area contributed by atoms with Crippen molar-refractivity contribution >= 4 is 5.91 Å². The second-order valence-corrected chi connectivity index (χ2v) is 18.3. The van der Waals surface area contributed by atoms with Crippen LogP contribution in [0.1, 0.15) is 232 Å². The van der Waals surface area contributed by atoms with Crippen LogP contribution in [0.5, 0.6) is 0 Å². The molecule has 7 unspecified atom stereocenters. The van der Waals surface area contributed by atoms with Gasteiger partial charge in [-0.25, -0.2) is 0 Å². The molecule has 7 atom stereocenters. The number of unbranched alkanes of at least 4 members (excludes halogenated alkanes) is 28. The van der Waals surface area contributed by atoms with Gasteiger partial charge < -0.3 is 40.3 Å². The molecule has 0 aromatic carbocycles. The molecule has 0 aliphatic carbocycles. The SMILES string of the molecule is CCCCCCC/C=C\C/C=C\C/C=C\CCCCCCCCC(=O)NC(COC1OC(CO)C(O)C(O)C1O)C(O)/C=C/CCCCCCCCCCCCCCCCCCC. The summed E-state index contributed by atoms with van der Waals surface area (Å²) in [6.45, 7) is 3.77. The third kappa shape index (κ3) is 34.2. The monoisotopic (exact) mass is 890 g/mol. The minimum Gasteiger partial charge on any atom is -0.394 e. The molecule has 1 heterocycles. The van der Waals surface area contributed by atoms with Crippen LogP contribution in [0.3, 0.4) is 0 Å².